The van der Waals surface area contributed by atoms with Gasteiger partial charge in [0.2, 0.25) is 0 Å². The molecule has 1 aliphatic carbocycles. The van der Waals surface area contributed by atoms with Gasteiger partial charge in [-0.1, -0.05) is 26.7 Å². The molecule has 0 bridgehead atoms. The zero-order chi connectivity index (χ0) is 13.7. The Morgan fingerprint density at radius 2 is 2.05 bits per heavy atom. The molecule has 0 radical (unpaired) electrons. The lowest BCUT2D eigenvalue weighted by atomic mass is 9.87. The largest absolute Gasteiger partial charge is 0.375 e. The van der Waals surface area contributed by atoms with Crippen LogP contribution >= 0.6 is 0 Å². The van der Waals surface area contributed by atoms with Gasteiger partial charge in [0.25, 0.3) is 0 Å². The minimum absolute atomic E-state index is 0.515. The van der Waals surface area contributed by atoms with E-state index in [1.165, 1.54) is 32.1 Å². The van der Waals surface area contributed by atoms with Crippen LogP contribution in [-0.2, 0) is 4.74 Å². The summed E-state index contributed by atoms with van der Waals surface area (Å²) in [4.78, 5) is 2.74. The van der Waals surface area contributed by atoms with E-state index in [4.69, 9.17) is 4.74 Å². The van der Waals surface area contributed by atoms with Gasteiger partial charge in [0, 0.05) is 18.6 Å². The molecule has 2 aliphatic rings. The van der Waals surface area contributed by atoms with Crippen LogP contribution in [0.25, 0.3) is 0 Å². The second kappa shape index (κ2) is 7.61. The molecule has 1 aliphatic heterocycles. The summed E-state index contributed by atoms with van der Waals surface area (Å²) in [7, 11) is 0. The van der Waals surface area contributed by atoms with Gasteiger partial charge < -0.3 is 10.1 Å². The van der Waals surface area contributed by atoms with Crippen LogP contribution < -0.4 is 5.32 Å². The van der Waals surface area contributed by atoms with Gasteiger partial charge in [0.05, 0.1) is 12.7 Å². The summed E-state index contributed by atoms with van der Waals surface area (Å²) < 4.78 is 5.98. The Balaban J connectivity index is 1.87. The highest BCUT2D eigenvalue weighted by Crippen LogP contribution is 2.31. The van der Waals surface area contributed by atoms with Crippen LogP contribution in [-0.4, -0.2) is 49.3 Å². The second-order valence-electron chi connectivity index (χ2n) is 6.42. The molecular weight excluding hydrogens is 236 g/mol. The fraction of sp³-hybridized carbons (Fsp3) is 1.00. The van der Waals surface area contributed by atoms with Crippen molar-refractivity contribution in [1.82, 2.24) is 10.2 Å². The van der Waals surface area contributed by atoms with Crippen LogP contribution in [0, 0.1) is 5.92 Å². The third-order valence-electron chi connectivity index (χ3n) is 5.01. The lowest BCUT2D eigenvalue weighted by Gasteiger charge is -2.48. The van der Waals surface area contributed by atoms with Crippen molar-refractivity contribution in [3.05, 3.63) is 0 Å². The Kier molecular flexibility index (Phi) is 6.11. The maximum atomic E-state index is 5.98. The first-order valence-corrected chi connectivity index (χ1v) is 8.32. The Hall–Kier alpha value is -0.120. The summed E-state index contributed by atoms with van der Waals surface area (Å²) in [6.45, 7) is 11.4. The minimum atomic E-state index is 0.515. The van der Waals surface area contributed by atoms with Crippen LogP contribution in [0.1, 0.15) is 52.9 Å². The number of hydrogen-bond donors (Lipinski definition) is 1. The van der Waals surface area contributed by atoms with E-state index in [9.17, 15) is 0 Å². The molecular formula is C16H32N2O. The summed E-state index contributed by atoms with van der Waals surface area (Å²) in [5.41, 5.74) is 0. The molecule has 0 aromatic rings. The molecule has 0 aromatic heterocycles. The Morgan fingerprint density at radius 3 is 2.84 bits per heavy atom. The molecule has 0 spiro atoms. The fourth-order valence-corrected chi connectivity index (χ4v) is 3.64. The molecule has 3 heteroatoms. The monoisotopic (exact) mass is 268 g/mol. The molecule has 0 amide bonds. The van der Waals surface area contributed by atoms with Crippen molar-refractivity contribution in [2.75, 3.05) is 26.2 Å². The average Bonchev–Trinajstić information content (AvgIpc) is 2.46. The van der Waals surface area contributed by atoms with Gasteiger partial charge in [0.1, 0.15) is 0 Å². The van der Waals surface area contributed by atoms with Gasteiger partial charge in [-0.3, -0.25) is 4.90 Å². The Bertz CT molecular complexity index is 257. The summed E-state index contributed by atoms with van der Waals surface area (Å²) in [6, 6.07) is 1.35. The smallest absolute Gasteiger partial charge is 0.0731 e. The van der Waals surface area contributed by atoms with E-state index >= 15 is 0 Å². The summed E-state index contributed by atoms with van der Waals surface area (Å²) in [5.74, 6) is 0.715. The van der Waals surface area contributed by atoms with Crippen molar-refractivity contribution in [3.63, 3.8) is 0 Å². The number of nitrogens with one attached hydrogen (secondary N) is 1. The predicted octanol–water partition coefficient (Wildman–Crippen LogP) is 2.65. The molecule has 1 saturated heterocycles. The van der Waals surface area contributed by atoms with E-state index in [2.05, 4.69) is 31.0 Å². The maximum Gasteiger partial charge on any atom is 0.0731 e. The highest BCUT2D eigenvalue weighted by atomic mass is 16.5. The number of nitrogens with zero attached hydrogens (tertiary/aromatic N) is 1. The molecule has 19 heavy (non-hydrogen) atoms. The SMILES string of the molecule is CCCNCC(C)C(C)N1CCOC2CCCCC21. The highest BCUT2D eigenvalue weighted by molar-refractivity contribution is 4.91. The third-order valence-corrected chi connectivity index (χ3v) is 5.01. The predicted molar refractivity (Wildman–Crippen MR) is 80.5 cm³/mol. The summed E-state index contributed by atoms with van der Waals surface area (Å²) >= 11 is 0. The third kappa shape index (κ3) is 3.93. The van der Waals surface area contributed by atoms with E-state index in [1.54, 1.807) is 0 Å². The van der Waals surface area contributed by atoms with Crippen molar-refractivity contribution < 1.29 is 4.74 Å². The first kappa shape index (κ1) is 15.3. The first-order chi connectivity index (χ1) is 9.24. The van der Waals surface area contributed by atoms with Crippen molar-refractivity contribution in [2.45, 2.75) is 71.1 Å². The first-order valence-electron chi connectivity index (χ1n) is 8.32. The van der Waals surface area contributed by atoms with Gasteiger partial charge in [-0.05, 0) is 45.2 Å². The number of hydrogen-bond acceptors (Lipinski definition) is 3. The second-order valence-corrected chi connectivity index (χ2v) is 6.42. The fourth-order valence-electron chi connectivity index (χ4n) is 3.64. The lowest BCUT2D eigenvalue weighted by molar-refractivity contribution is -0.106. The van der Waals surface area contributed by atoms with Gasteiger partial charge in [0.15, 0.2) is 0 Å². The van der Waals surface area contributed by atoms with Crippen molar-refractivity contribution in [2.24, 2.45) is 5.92 Å². The number of morpholine rings is 1. The number of rotatable bonds is 6. The quantitative estimate of drug-likeness (QED) is 0.750. The molecule has 1 N–H and O–H groups in total. The normalized spacial score (nSPS) is 31.7. The van der Waals surface area contributed by atoms with Gasteiger partial charge in [-0.15, -0.1) is 0 Å². The van der Waals surface area contributed by atoms with Crippen LogP contribution in [0.2, 0.25) is 0 Å². The van der Waals surface area contributed by atoms with E-state index < -0.39 is 0 Å². The van der Waals surface area contributed by atoms with Crippen LogP contribution in [0.5, 0.6) is 0 Å². The van der Waals surface area contributed by atoms with Crippen molar-refractivity contribution in [1.29, 1.82) is 0 Å². The van der Waals surface area contributed by atoms with E-state index in [-0.39, 0.29) is 0 Å². The van der Waals surface area contributed by atoms with Crippen LogP contribution in [0.15, 0.2) is 0 Å². The summed E-state index contributed by atoms with van der Waals surface area (Å²) in [5, 5.41) is 3.57. The van der Waals surface area contributed by atoms with Crippen LogP contribution in [0.4, 0.5) is 0 Å². The average molecular weight is 268 g/mol. The summed E-state index contributed by atoms with van der Waals surface area (Å²) in [6.07, 6.45) is 7.09. The molecule has 1 heterocycles. The molecule has 1 saturated carbocycles. The highest BCUT2D eigenvalue weighted by Gasteiger charge is 2.37. The molecule has 4 unspecified atom stereocenters. The van der Waals surface area contributed by atoms with Crippen molar-refractivity contribution >= 4 is 0 Å². The number of ether oxygens (including phenoxy) is 1. The molecule has 3 nitrogen and oxygen atoms in total. The van der Waals surface area contributed by atoms with Crippen molar-refractivity contribution in [3.8, 4) is 0 Å². The zero-order valence-corrected chi connectivity index (χ0v) is 13.0. The molecule has 0 aromatic carbocycles. The van der Waals surface area contributed by atoms with Gasteiger partial charge in [-0.2, -0.15) is 0 Å². The lowest BCUT2D eigenvalue weighted by Crippen LogP contribution is -2.57. The minimum Gasteiger partial charge on any atom is -0.375 e. The Morgan fingerprint density at radius 1 is 1.26 bits per heavy atom. The molecule has 2 fully saturated rings. The maximum absolute atomic E-state index is 5.98. The molecule has 2 rings (SSSR count). The van der Waals surface area contributed by atoms with E-state index in [0.717, 1.165) is 26.2 Å². The topological polar surface area (TPSA) is 24.5 Å². The standard InChI is InChI=1S/C16H32N2O/c1-4-9-17-12-13(2)14(3)18-10-11-19-16-8-6-5-7-15(16)18/h13-17H,4-12H2,1-3H3. The molecule has 4 atom stereocenters. The zero-order valence-electron chi connectivity index (χ0n) is 13.0. The van der Waals surface area contributed by atoms with Gasteiger partial charge >= 0.3 is 0 Å². The van der Waals surface area contributed by atoms with E-state index in [1.807, 2.05) is 0 Å². The van der Waals surface area contributed by atoms with Crippen LogP contribution in [0.3, 0.4) is 0 Å². The van der Waals surface area contributed by atoms with Gasteiger partial charge in [-0.25, -0.2) is 0 Å². The number of fused-ring (bicyclic) bond motifs is 1. The van der Waals surface area contributed by atoms with E-state index in [0.29, 0.717) is 24.1 Å². The molecule has 112 valence electrons. The Labute approximate surface area is 119 Å².